The van der Waals surface area contributed by atoms with Gasteiger partial charge in [-0.2, -0.15) is 13.2 Å². The molecule has 0 aliphatic heterocycles. The summed E-state index contributed by atoms with van der Waals surface area (Å²) in [5.74, 6) is -1.34. The van der Waals surface area contributed by atoms with Crippen molar-refractivity contribution < 1.29 is 22.8 Å². The van der Waals surface area contributed by atoms with Gasteiger partial charge in [0, 0.05) is 17.7 Å². The molecular formula is C15H17F3N2O2. The summed E-state index contributed by atoms with van der Waals surface area (Å²) in [4.78, 5) is 24.3. The van der Waals surface area contributed by atoms with E-state index in [-0.39, 0.29) is 23.6 Å². The van der Waals surface area contributed by atoms with E-state index in [1.54, 1.807) is 0 Å². The Morgan fingerprint density at radius 3 is 2.36 bits per heavy atom. The number of hydrogen-bond donors (Lipinski definition) is 1. The third-order valence-corrected chi connectivity index (χ3v) is 3.75. The summed E-state index contributed by atoms with van der Waals surface area (Å²) < 4.78 is 38.1. The van der Waals surface area contributed by atoms with Crippen molar-refractivity contribution in [3.63, 3.8) is 0 Å². The van der Waals surface area contributed by atoms with E-state index in [4.69, 9.17) is 5.73 Å². The first-order valence-corrected chi connectivity index (χ1v) is 7.02. The van der Waals surface area contributed by atoms with Crippen LogP contribution in [0.1, 0.15) is 40.0 Å². The van der Waals surface area contributed by atoms with Crippen molar-refractivity contribution in [2.45, 2.75) is 25.4 Å². The van der Waals surface area contributed by atoms with Crippen LogP contribution in [0.5, 0.6) is 0 Å². The van der Waals surface area contributed by atoms with Gasteiger partial charge in [-0.15, -0.1) is 0 Å². The van der Waals surface area contributed by atoms with Crippen molar-refractivity contribution in [1.29, 1.82) is 0 Å². The van der Waals surface area contributed by atoms with Crippen molar-refractivity contribution in [2.75, 3.05) is 13.1 Å². The SMILES string of the molecule is NC(=O)c1cccc(C(=O)N(CC2CCC2)CC(F)(F)F)c1. The fraction of sp³-hybridized carbons (Fsp3) is 0.467. The zero-order valence-corrected chi connectivity index (χ0v) is 11.9. The highest BCUT2D eigenvalue weighted by molar-refractivity contribution is 5.99. The normalized spacial score (nSPS) is 15.2. The first kappa shape index (κ1) is 16.3. The average molecular weight is 314 g/mol. The highest BCUT2D eigenvalue weighted by atomic mass is 19.4. The van der Waals surface area contributed by atoms with Crippen LogP contribution in [0.15, 0.2) is 24.3 Å². The molecule has 0 unspecified atom stereocenters. The Bertz CT molecular complexity index is 568. The van der Waals surface area contributed by atoms with Gasteiger partial charge in [0.05, 0.1) is 0 Å². The molecule has 120 valence electrons. The van der Waals surface area contributed by atoms with Gasteiger partial charge in [-0.1, -0.05) is 12.5 Å². The van der Waals surface area contributed by atoms with Crippen LogP contribution < -0.4 is 5.73 Å². The monoisotopic (exact) mass is 314 g/mol. The second-order valence-corrected chi connectivity index (χ2v) is 5.54. The molecule has 1 aromatic rings. The first-order chi connectivity index (χ1) is 10.3. The number of carbonyl (C=O) groups excluding carboxylic acids is 2. The minimum atomic E-state index is -4.46. The van der Waals surface area contributed by atoms with Crippen LogP contribution in [0.25, 0.3) is 0 Å². The van der Waals surface area contributed by atoms with Crippen molar-refractivity contribution >= 4 is 11.8 Å². The van der Waals surface area contributed by atoms with Gasteiger partial charge < -0.3 is 10.6 Å². The van der Waals surface area contributed by atoms with Crippen molar-refractivity contribution in [3.8, 4) is 0 Å². The number of nitrogens with zero attached hydrogens (tertiary/aromatic N) is 1. The summed E-state index contributed by atoms with van der Waals surface area (Å²) in [5, 5.41) is 0. The topological polar surface area (TPSA) is 63.4 Å². The van der Waals surface area contributed by atoms with Gasteiger partial charge >= 0.3 is 6.18 Å². The fourth-order valence-electron chi connectivity index (χ4n) is 2.41. The molecular weight excluding hydrogens is 297 g/mol. The number of benzene rings is 1. The largest absolute Gasteiger partial charge is 0.406 e. The minimum Gasteiger partial charge on any atom is -0.366 e. The Labute approximate surface area is 126 Å². The van der Waals surface area contributed by atoms with Crippen LogP contribution in [0.4, 0.5) is 13.2 Å². The number of carbonyl (C=O) groups is 2. The van der Waals surface area contributed by atoms with Crippen LogP contribution >= 0.6 is 0 Å². The van der Waals surface area contributed by atoms with Crippen LogP contribution in [0, 0.1) is 5.92 Å². The van der Waals surface area contributed by atoms with Gasteiger partial charge in [0.1, 0.15) is 6.54 Å². The molecule has 2 amide bonds. The Hall–Kier alpha value is -2.05. The maximum Gasteiger partial charge on any atom is 0.406 e. The van der Waals surface area contributed by atoms with Gasteiger partial charge in [-0.3, -0.25) is 9.59 Å². The van der Waals surface area contributed by atoms with Crippen LogP contribution in [0.2, 0.25) is 0 Å². The van der Waals surface area contributed by atoms with Crippen LogP contribution in [-0.4, -0.2) is 36.0 Å². The summed E-state index contributed by atoms with van der Waals surface area (Å²) in [6, 6.07) is 5.47. The maximum absolute atomic E-state index is 12.7. The summed E-state index contributed by atoms with van der Waals surface area (Å²) >= 11 is 0. The number of primary amides is 1. The molecule has 0 saturated heterocycles. The molecule has 2 N–H and O–H groups in total. The number of alkyl halides is 3. The van der Waals surface area contributed by atoms with Crippen molar-refractivity contribution in [3.05, 3.63) is 35.4 Å². The number of amides is 2. The number of halogens is 3. The molecule has 1 fully saturated rings. The van der Waals surface area contributed by atoms with Crippen molar-refractivity contribution in [1.82, 2.24) is 4.90 Å². The molecule has 1 saturated carbocycles. The molecule has 7 heteroatoms. The molecule has 0 spiro atoms. The van der Waals surface area contributed by atoms with Crippen LogP contribution in [0.3, 0.4) is 0 Å². The lowest BCUT2D eigenvalue weighted by Crippen LogP contribution is -2.43. The van der Waals surface area contributed by atoms with Gasteiger partial charge in [0.25, 0.3) is 5.91 Å². The van der Waals surface area contributed by atoms with E-state index in [1.807, 2.05) is 0 Å². The van der Waals surface area contributed by atoms with E-state index in [2.05, 4.69) is 0 Å². The third-order valence-electron chi connectivity index (χ3n) is 3.75. The van der Waals surface area contributed by atoms with E-state index in [0.717, 1.165) is 24.2 Å². The summed E-state index contributed by atoms with van der Waals surface area (Å²) in [7, 11) is 0. The van der Waals surface area contributed by atoms with Crippen molar-refractivity contribution in [2.24, 2.45) is 11.7 Å². The summed E-state index contributed by atoms with van der Waals surface area (Å²) in [6.07, 6.45) is -1.80. The minimum absolute atomic E-state index is 0.0415. The molecule has 0 heterocycles. The Morgan fingerprint density at radius 1 is 1.23 bits per heavy atom. The zero-order valence-electron chi connectivity index (χ0n) is 11.9. The molecule has 0 aromatic heterocycles. The molecule has 0 atom stereocenters. The highest BCUT2D eigenvalue weighted by Gasteiger charge is 2.35. The van der Waals surface area contributed by atoms with E-state index >= 15 is 0 Å². The zero-order chi connectivity index (χ0) is 16.3. The van der Waals surface area contributed by atoms with E-state index < -0.39 is 24.5 Å². The second-order valence-electron chi connectivity index (χ2n) is 5.54. The Kier molecular flexibility index (Phi) is 4.73. The molecule has 4 nitrogen and oxygen atoms in total. The van der Waals surface area contributed by atoms with Gasteiger partial charge in [0.15, 0.2) is 0 Å². The molecule has 1 aliphatic carbocycles. The molecule has 0 radical (unpaired) electrons. The van der Waals surface area contributed by atoms with E-state index in [9.17, 15) is 22.8 Å². The lowest BCUT2D eigenvalue weighted by atomic mass is 9.85. The average Bonchev–Trinajstić information content (AvgIpc) is 2.39. The summed E-state index contributed by atoms with van der Waals surface area (Å²) in [5.41, 5.74) is 5.27. The lowest BCUT2D eigenvalue weighted by molar-refractivity contribution is -0.142. The standard InChI is InChI=1S/C15H17F3N2O2/c16-15(17,18)9-20(8-10-3-1-4-10)14(22)12-6-2-5-11(7-12)13(19)21/h2,5-7,10H,1,3-4,8-9H2,(H2,19,21). The smallest absolute Gasteiger partial charge is 0.366 e. The molecule has 2 rings (SSSR count). The van der Waals surface area contributed by atoms with E-state index in [1.165, 1.54) is 24.3 Å². The highest BCUT2D eigenvalue weighted by Crippen LogP contribution is 2.29. The molecule has 22 heavy (non-hydrogen) atoms. The number of nitrogens with two attached hydrogens (primary N) is 1. The maximum atomic E-state index is 12.7. The van der Waals surface area contributed by atoms with Crippen LogP contribution in [-0.2, 0) is 0 Å². The summed E-state index contributed by atoms with van der Waals surface area (Å²) in [6.45, 7) is -1.21. The van der Waals surface area contributed by atoms with Gasteiger partial charge in [0.2, 0.25) is 5.91 Å². The van der Waals surface area contributed by atoms with Gasteiger partial charge in [-0.05, 0) is 37.0 Å². The fourth-order valence-corrected chi connectivity index (χ4v) is 2.41. The third kappa shape index (κ3) is 4.22. The number of rotatable bonds is 5. The Balaban J connectivity index is 2.19. The number of hydrogen-bond acceptors (Lipinski definition) is 2. The molecule has 1 aliphatic rings. The second kappa shape index (κ2) is 6.37. The molecule has 1 aromatic carbocycles. The molecule has 0 bridgehead atoms. The van der Waals surface area contributed by atoms with E-state index in [0.29, 0.717) is 0 Å². The lowest BCUT2D eigenvalue weighted by Gasteiger charge is -2.33. The quantitative estimate of drug-likeness (QED) is 0.908. The predicted octanol–water partition coefficient (Wildman–Crippen LogP) is 2.59. The van der Waals surface area contributed by atoms with Gasteiger partial charge in [-0.25, -0.2) is 0 Å². The first-order valence-electron chi connectivity index (χ1n) is 7.02. The Morgan fingerprint density at radius 2 is 1.86 bits per heavy atom. The predicted molar refractivity (Wildman–Crippen MR) is 74.3 cm³/mol.